The van der Waals surface area contributed by atoms with E-state index in [1.165, 1.54) is 10.1 Å². The third-order valence-corrected chi connectivity index (χ3v) is 11.7. The highest BCUT2D eigenvalue weighted by Gasteiger charge is 2.21. The average Bonchev–Trinajstić information content (AvgIpc) is 4.04. The second-order valence-corrected chi connectivity index (χ2v) is 14.8. The number of para-hydroxylation sites is 2. The summed E-state index contributed by atoms with van der Waals surface area (Å²) in [6, 6.07) is 39.8. The third-order valence-electron chi connectivity index (χ3n) is 10.5. The number of aromatic nitrogens is 4. The van der Waals surface area contributed by atoms with Crippen molar-refractivity contribution in [1.82, 2.24) is 19.5 Å². The van der Waals surface area contributed by atoms with Crippen molar-refractivity contribution >= 4 is 75.3 Å². The van der Waals surface area contributed by atoms with E-state index in [9.17, 15) is 2.74 Å². The summed E-state index contributed by atoms with van der Waals surface area (Å²) in [7, 11) is 0. The van der Waals surface area contributed by atoms with Crippen LogP contribution >= 0.6 is 11.3 Å². The Hall–Kier alpha value is -7.41. The van der Waals surface area contributed by atoms with E-state index < -0.39 is 36.3 Å². The predicted octanol–water partition coefficient (Wildman–Crippen LogP) is 13.9. The molecule has 0 amide bonds. The van der Waals surface area contributed by atoms with Crippen LogP contribution in [-0.2, 0) is 0 Å². The summed E-state index contributed by atoms with van der Waals surface area (Å²) in [5.41, 5.74) is 5.30. The standard InChI is InChI=1S/C51H30N4OS/c1-3-14-31(15-4-1)34-28-43(55-41-23-10-7-18-35(41)36-19-8-11-24-42(36)55)47-39-27-26-33(29-44(39)56-45(47)30-34)50-52-49(32-16-5-2-6-17-32)53-51(54-50)40-22-13-21-38-37-20-9-12-25-46(37)57-48(38)40/h1-30H/i7D,8D,10D,11D,18D,19D,23D,24D. The summed E-state index contributed by atoms with van der Waals surface area (Å²) in [4.78, 5) is 15.2. The molecule has 0 radical (unpaired) electrons. The normalized spacial score (nSPS) is 13.8. The summed E-state index contributed by atoms with van der Waals surface area (Å²) in [6.07, 6.45) is 0. The summed E-state index contributed by atoms with van der Waals surface area (Å²) < 4.78 is 81.7. The van der Waals surface area contributed by atoms with Gasteiger partial charge >= 0.3 is 0 Å². The van der Waals surface area contributed by atoms with Gasteiger partial charge in [-0.3, -0.25) is 0 Å². The van der Waals surface area contributed by atoms with Gasteiger partial charge in [-0.25, -0.2) is 15.0 Å². The molecule has 0 atom stereocenters. The molecule has 12 aromatic rings. The van der Waals surface area contributed by atoms with Crippen LogP contribution in [0.2, 0.25) is 0 Å². The minimum absolute atomic E-state index is 0.00227. The quantitative estimate of drug-likeness (QED) is 0.176. The average molecular weight is 755 g/mol. The first kappa shape index (κ1) is 24.9. The molecule has 5 nitrogen and oxygen atoms in total. The van der Waals surface area contributed by atoms with E-state index in [0.717, 1.165) is 26.8 Å². The molecule has 0 spiro atoms. The second-order valence-electron chi connectivity index (χ2n) is 13.8. The molecule has 266 valence electrons. The van der Waals surface area contributed by atoms with Crippen molar-refractivity contribution in [2.45, 2.75) is 0 Å². The molecular formula is C51H30N4OS. The van der Waals surface area contributed by atoms with E-state index >= 15 is 0 Å². The molecule has 0 aliphatic heterocycles. The smallest absolute Gasteiger partial charge is 0.165 e. The number of hydrogen-bond acceptors (Lipinski definition) is 5. The molecule has 0 aliphatic rings. The molecule has 12 rings (SSSR count). The maximum absolute atomic E-state index is 9.23. The van der Waals surface area contributed by atoms with Gasteiger partial charge in [0.15, 0.2) is 17.5 Å². The molecule has 0 N–H and O–H groups in total. The van der Waals surface area contributed by atoms with E-state index in [2.05, 4.69) is 18.2 Å². The Kier molecular flexibility index (Phi) is 5.49. The van der Waals surface area contributed by atoms with E-state index in [1.807, 2.05) is 115 Å². The van der Waals surface area contributed by atoms with Crippen molar-refractivity contribution in [2.75, 3.05) is 0 Å². The molecular weight excluding hydrogens is 717 g/mol. The molecule has 57 heavy (non-hydrogen) atoms. The fraction of sp³-hybridized carbons (Fsp3) is 0. The van der Waals surface area contributed by atoms with Gasteiger partial charge in [-0.05, 0) is 59.6 Å². The summed E-state index contributed by atoms with van der Waals surface area (Å²) in [5, 5.41) is 3.51. The van der Waals surface area contributed by atoms with E-state index in [1.54, 1.807) is 15.9 Å². The van der Waals surface area contributed by atoms with Crippen LogP contribution in [0, 0.1) is 0 Å². The van der Waals surface area contributed by atoms with Gasteiger partial charge in [0.2, 0.25) is 0 Å². The van der Waals surface area contributed by atoms with Crippen LogP contribution < -0.4 is 0 Å². The SMILES string of the molecule is [2H]c1c([2H])c([2H])c2c(c1[2H])c1c([2H])c([2H])c([2H])c([2H])c1n2-c1cc(-c2ccccc2)cc2oc3cc(-c4nc(-c5ccccc5)nc(-c5cccc6c5sc5ccccc56)n4)ccc3c12. The molecule has 0 bridgehead atoms. The highest BCUT2D eigenvalue weighted by molar-refractivity contribution is 7.26. The van der Waals surface area contributed by atoms with E-state index in [0.29, 0.717) is 56.2 Å². The summed E-state index contributed by atoms with van der Waals surface area (Å²) >= 11 is 1.70. The zero-order chi connectivity index (χ0) is 44.4. The highest BCUT2D eigenvalue weighted by Crippen LogP contribution is 2.43. The lowest BCUT2D eigenvalue weighted by atomic mass is 10.0. The lowest BCUT2D eigenvalue weighted by molar-refractivity contribution is 0.669. The van der Waals surface area contributed by atoms with Gasteiger partial charge in [0.05, 0.1) is 33.1 Å². The first-order valence-electron chi connectivity index (χ1n) is 22.4. The minimum atomic E-state index is -0.504. The topological polar surface area (TPSA) is 56.7 Å². The van der Waals surface area contributed by atoms with Crippen molar-refractivity contribution in [3.8, 4) is 51.0 Å². The summed E-state index contributed by atoms with van der Waals surface area (Å²) in [6.45, 7) is 0. The number of benzene rings is 8. The predicted molar refractivity (Wildman–Crippen MR) is 236 cm³/mol. The Morgan fingerprint density at radius 1 is 0.474 bits per heavy atom. The molecule has 0 saturated heterocycles. The van der Waals surface area contributed by atoms with Crippen LogP contribution in [0.3, 0.4) is 0 Å². The number of rotatable bonds is 5. The fourth-order valence-electron chi connectivity index (χ4n) is 7.92. The molecule has 0 aliphatic carbocycles. The Morgan fingerprint density at radius 3 is 1.88 bits per heavy atom. The maximum atomic E-state index is 9.23. The third kappa shape index (κ3) is 5.04. The van der Waals surface area contributed by atoms with Gasteiger partial charge in [0, 0.05) is 53.0 Å². The minimum Gasteiger partial charge on any atom is -0.456 e. The lowest BCUT2D eigenvalue weighted by Gasteiger charge is -2.12. The number of hydrogen-bond donors (Lipinski definition) is 0. The zero-order valence-corrected chi connectivity index (χ0v) is 30.6. The van der Waals surface area contributed by atoms with E-state index in [-0.39, 0.29) is 33.9 Å². The van der Waals surface area contributed by atoms with Gasteiger partial charge in [-0.2, -0.15) is 0 Å². The lowest BCUT2D eigenvalue weighted by Crippen LogP contribution is -2.00. The molecule has 0 fully saturated rings. The van der Waals surface area contributed by atoms with Crippen molar-refractivity contribution in [3.63, 3.8) is 0 Å². The highest BCUT2D eigenvalue weighted by atomic mass is 32.1. The van der Waals surface area contributed by atoms with Gasteiger partial charge in [0.25, 0.3) is 0 Å². The maximum Gasteiger partial charge on any atom is 0.165 e. The molecule has 0 saturated carbocycles. The number of furan rings is 1. The van der Waals surface area contributed by atoms with Crippen molar-refractivity contribution < 1.29 is 15.4 Å². The van der Waals surface area contributed by atoms with Crippen LogP contribution in [0.5, 0.6) is 0 Å². The Balaban J connectivity index is 1.15. The van der Waals surface area contributed by atoms with Crippen LogP contribution in [-0.4, -0.2) is 19.5 Å². The molecule has 6 heteroatoms. The number of nitrogens with zero attached hydrogens (tertiary/aromatic N) is 4. The summed E-state index contributed by atoms with van der Waals surface area (Å²) in [5.74, 6) is 1.45. The molecule has 4 aromatic heterocycles. The molecule has 4 heterocycles. The van der Waals surface area contributed by atoms with Crippen molar-refractivity contribution in [3.05, 3.63) is 182 Å². The number of thiophene rings is 1. The Morgan fingerprint density at radius 2 is 1.11 bits per heavy atom. The fourth-order valence-corrected chi connectivity index (χ4v) is 9.13. The van der Waals surface area contributed by atoms with Gasteiger partial charge in [-0.15, -0.1) is 11.3 Å². The van der Waals surface area contributed by atoms with Crippen LogP contribution in [0.1, 0.15) is 11.0 Å². The monoisotopic (exact) mass is 754 g/mol. The molecule has 8 aromatic carbocycles. The first-order valence-corrected chi connectivity index (χ1v) is 19.2. The Bertz CT molecular complexity index is 3920. The molecule has 0 unspecified atom stereocenters. The van der Waals surface area contributed by atoms with Gasteiger partial charge in [-0.1, -0.05) is 133 Å². The van der Waals surface area contributed by atoms with Crippen molar-refractivity contribution in [1.29, 1.82) is 0 Å². The van der Waals surface area contributed by atoms with Crippen LogP contribution in [0.4, 0.5) is 0 Å². The largest absolute Gasteiger partial charge is 0.456 e. The van der Waals surface area contributed by atoms with Gasteiger partial charge < -0.3 is 8.98 Å². The first-order chi connectivity index (χ1) is 31.6. The zero-order valence-electron chi connectivity index (χ0n) is 37.8. The Labute approximate surface area is 342 Å². The van der Waals surface area contributed by atoms with Crippen LogP contribution in [0.25, 0.3) is 115 Å². The van der Waals surface area contributed by atoms with E-state index in [4.69, 9.17) is 27.6 Å². The van der Waals surface area contributed by atoms with Crippen molar-refractivity contribution in [2.24, 2.45) is 0 Å². The second kappa shape index (κ2) is 12.6. The van der Waals surface area contributed by atoms with Gasteiger partial charge in [0.1, 0.15) is 11.2 Å². The van der Waals surface area contributed by atoms with Crippen LogP contribution in [0.15, 0.2) is 186 Å². The number of fused-ring (bicyclic) bond motifs is 9.